The van der Waals surface area contributed by atoms with Crippen LogP contribution in [-0.4, -0.2) is 49.7 Å². The molecule has 1 fully saturated rings. The fourth-order valence-electron chi connectivity index (χ4n) is 2.96. The molecule has 5 heteroatoms. The van der Waals surface area contributed by atoms with Crippen molar-refractivity contribution < 1.29 is 9.53 Å². The first kappa shape index (κ1) is 13.2. The van der Waals surface area contributed by atoms with Gasteiger partial charge < -0.3 is 20.3 Å². The number of nitrogens with one attached hydrogen (secondary N) is 2. The topological polar surface area (TPSA) is 53.6 Å². The van der Waals surface area contributed by atoms with Crippen LogP contribution < -0.4 is 10.6 Å². The fraction of sp³-hybridized carbons (Fsp3) is 0.533. The van der Waals surface area contributed by atoms with E-state index in [0.717, 1.165) is 43.1 Å². The molecule has 1 aromatic carbocycles. The summed E-state index contributed by atoms with van der Waals surface area (Å²) in [5, 5.41) is 6.63. The van der Waals surface area contributed by atoms with Crippen LogP contribution in [0, 0.1) is 0 Å². The predicted molar refractivity (Wildman–Crippen MR) is 79.3 cm³/mol. The highest BCUT2D eigenvalue weighted by Gasteiger charge is 2.31. The number of fused-ring (bicyclic) bond motifs is 1. The maximum absolute atomic E-state index is 12.6. The van der Waals surface area contributed by atoms with Gasteiger partial charge >= 0.3 is 0 Å². The molecule has 2 aliphatic rings. The number of carbonyl (C=O) groups is 1. The summed E-state index contributed by atoms with van der Waals surface area (Å²) in [7, 11) is 1.86. The van der Waals surface area contributed by atoms with Crippen LogP contribution in [0.2, 0.25) is 0 Å². The van der Waals surface area contributed by atoms with E-state index in [9.17, 15) is 4.79 Å². The van der Waals surface area contributed by atoms with Gasteiger partial charge in [0.05, 0.1) is 23.5 Å². The standard InChI is InChI=1S/C15H21N3O2/c1-10-14(5-8-20-10)18(2)15(19)11-3-4-12-13(9-11)17-7-6-16-12/h3-4,9-10,14,16-17H,5-8H2,1-2H3. The van der Waals surface area contributed by atoms with Gasteiger partial charge in [-0.05, 0) is 31.5 Å². The van der Waals surface area contributed by atoms with Crippen molar-refractivity contribution in [2.24, 2.45) is 0 Å². The highest BCUT2D eigenvalue weighted by Crippen LogP contribution is 2.27. The molecule has 5 nitrogen and oxygen atoms in total. The first-order valence-electron chi connectivity index (χ1n) is 7.17. The molecule has 1 aromatic rings. The van der Waals surface area contributed by atoms with Gasteiger partial charge in [0.25, 0.3) is 5.91 Å². The Balaban J connectivity index is 1.79. The van der Waals surface area contributed by atoms with Crippen LogP contribution in [0.5, 0.6) is 0 Å². The number of carbonyl (C=O) groups excluding carboxylic acids is 1. The SMILES string of the molecule is CC1OCCC1N(C)C(=O)c1ccc2c(c1)NCCN2. The molecular weight excluding hydrogens is 254 g/mol. The second kappa shape index (κ2) is 5.32. The molecule has 3 rings (SSSR count). The number of anilines is 2. The Morgan fingerprint density at radius 3 is 2.75 bits per heavy atom. The quantitative estimate of drug-likeness (QED) is 0.864. The Hall–Kier alpha value is -1.75. The maximum atomic E-state index is 12.6. The van der Waals surface area contributed by atoms with Crippen molar-refractivity contribution in [2.75, 3.05) is 37.4 Å². The van der Waals surface area contributed by atoms with Crippen molar-refractivity contribution in [1.29, 1.82) is 0 Å². The predicted octanol–water partition coefficient (Wildman–Crippen LogP) is 1.77. The third-order valence-corrected chi connectivity index (χ3v) is 4.18. The Kier molecular flexibility index (Phi) is 3.53. The Morgan fingerprint density at radius 1 is 1.30 bits per heavy atom. The van der Waals surface area contributed by atoms with Gasteiger partial charge in [-0.2, -0.15) is 0 Å². The van der Waals surface area contributed by atoms with E-state index < -0.39 is 0 Å². The van der Waals surface area contributed by atoms with Crippen molar-refractivity contribution in [1.82, 2.24) is 4.90 Å². The molecule has 2 N–H and O–H groups in total. The molecule has 0 bridgehead atoms. The third kappa shape index (κ3) is 2.33. The second-order valence-corrected chi connectivity index (χ2v) is 5.46. The van der Waals surface area contributed by atoms with E-state index in [1.54, 1.807) is 0 Å². The largest absolute Gasteiger partial charge is 0.382 e. The molecule has 2 aliphatic heterocycles. The van der Waals surface area contributed by atoms with Crippen LogP contribution in [0.1, 0.15) is 23.7 Å². The highest BCUT2D eigenvalue weighted by atomic mass is 16.5. The number of nitrogens with zero attached hydrogens (tertiary/aromatic N) is 1. The minimum Gasteiger partial charge on any atom is -0.382 e. The maximum Gasteiger partial charge on any atom is 0.254 e. The molecule has 2 atom stereocenters. The summed E-state index contributed by atoms with van der Waals surface area (Å²) in [5.41, 5.74) is 2.79. The lowest BCUT2D eigenvalue weighted by molar-refractivity contribution is 0.0574. The Morgan fingerprint density at radius 2 is 2.05 bits per heavy atom. The first-order valence-corrected chi connectivity index (χ1v) is 7.17. The molecule has 20 heavy (non-hydrogen) atoms. The summed E-state index contributed by atoms with van der Waals surface area (Å²) in [4.78, 5) is 14.4. The monoisotopic (exact) mass is 275 g/mol. The van der Waals surface area contributed by atoms with E-state index in [1.165, 1.54) is 0 Å². The van der Waals surface area contributed by atoms with Crippen LogP contribution >= 0.6 is 0 Å². The van der Waals surface area contributed by atoms with Gasteiger partial charge in [-0.15, -0.1) is 0 Å². The summed E-state index contributed by atoms with van der Waals surface area (Å²) < 4.78 is 5.55. The van der Waals surface area contributed by atoms with Gasteiger partial charge in [0, 0.05) is 32.3 Å². The van der Waals surface area contributed by atoms with Crippen LogP contribution in [-0.2, 0) is 4.74 Å². The number of ether oxygens (including phenoxy) is 1. The van der Waals surface area contributed by atoms with E-state index >= 15 is 0 Å². The van der Waals surface area contributed by atoms with Crippen molar-refractivity contribution in [3.8, 4) is 0 Å². The van der Waals surface area contributed by atoms with Crippen molar-refractivity contribution >= 4 is 17.3 Å². The molecule has 0 spiro atoms. The molecule has 2 unspecified atom stereocenters. The summed E-state index contributed by atoms with van der Waals surface area (Å²) >= 11 is 0. The molecule has 0 aliphatic carbocycles. The zero-order chi connectivity index (χ0) is 14.1. The van der Waals surface area contributed by atoms with E-state index in [1.807, 2.05) is 37.1 Å². The highest BCUT2D eigenvalue weighted by molar-refractivity contribution is 5.96. The minimum absolute atomic E-state index is 0.0579. The number of likely N-dealkylation sites (N-methyl/N-ethyl adjacent to an activating group) is 1. The normalized spacial score (nSPS) is 24.5. The lowest BCUT2D eigenvalue weighted by Gasteiger charge is -2.27. The fourth-order valence-corrected chi connectivity index (χ4v) is 2.96. The average molecular weight is 275 g/mol. The lowest BCUT2D eigenvalue weighted by Crippen LogP contribution is -2.41. The van der Waals surface area contributed by atoms with Crippen LogP contribution in [0.25, 0.3) is 0 Å². The number of rotatable bonds is 2. The van der Waals surface area contributed by atoms with Gasteiger partial charge in [-0.1, -0.05) is 0 Å². The van der Waals surface area contributed by atoms with Gasteiger partial charge in [0.2, 0.25) is 0 Å². The van der Waals surface area contributed by atoms with Crippen molar-refractivity contribution in [3.63, 3.8) is 0 Å². The minimum atomic E-state index is 0.0579. The first-order chi connectivity index (χ1) is 9.66. The third-order valence-electron chi connectivity index (χ3n) is 4.18. The van der Waals surface area contributed by atoms with Gasteiger partial charge in [0.1, 0.15) is 0 Å². The molecule has 0 aromatic heterocycles. The van der Waals surface area contributed by atoms with Crippen molar-refractivity contribution in [2.45, 2.75) is 25.5 Å². The van der Waals surface area contributed by atoms with E-state index in [0.29, 0.717) is 0 Å². The number of benzene rings is 1. The number of hydrogen-bond donors (Lipinski definition) is 2. The molecule has 108 valence electrons. The molecular formula is C15H21N3O2. The molecule has 0 saturated carbocycles. The summed E-state index contributed by atoms with van der Waals surface area (Å²) in [6.45, 7) is 4.56. The van der Waals surface area contributed by atoms with Crippen molar-refractivity contribution in [3.05, 3.63) is 23.8 Å². The second-order valence-electron chi connectivity index (χ2n) is 5.46. The lowest BCUT2D eigenvalue weighted by atomic mass is 10.1. The van der Waals surface area contributed by atoms with E-state index in [2.05, 4.69) is 10.6 Å². The Labute approximate surface area is 119 Å². The van der Waals surface area contributed by atoms with Gasteiger partial charge in [-0.3, -0.25) is 4.79 Å². The Bertz CT molecular complexity index is 518. The summed E-state index contributed by atoms with van der Waals surface area (Å²) in [6.07, 6.45) is 1.02. The summed E-state index contributed by atoms with van der Waals surface area (Å²) in [5.74, 6) is 0.0579. The van der Waals surface area contributed by atoms with Gasteiger partial charge in [-0.25, -0.2) is 0 Å². The van der Waals surface area contributed by atoms with E-state index in [-0.39, 0.29) is 18.1 Å². The van der Waals surface area contributed by atoms with Crippen LogP contribution in [0.4, 0.5) is 11.4 Å². The zero-order valence-electron chi connectivity index (χ0n) is 12.0. The summed E-state index contributed by atoms with van der Waals surface area (Å²) in [6, 6.07) is 5.96. The average Bonchev–Trinajstić information content (AvgIpc) is 2.91. The van der Waals surface area contributed by atoms with Gasteiger partial charge in [0.15, 0.2) is 0 Å². The molecule has 1 saturated heterocycles. The molecule has 1 amide bonds. The molecule has 0 radical (unpaired) electrons. The van der Waals surface area contributed by atoms with Crippen LogP contribution in [0.15, 0.2) is 18.2 Å². The van der Waals surface area contributed by atoms with Crippen LogP contribution in [0.3, 0.4) is 0 Å². The molecule has 2 heterocycles. The zero-order valence-corrected chi connectivity index (χ0v) is 12.0. The van der Waals surface area contributed by atoms with E-state index in [4.69, 9.17) is 4.74 Å². The number of amides is 1. The smallest absolute Gasteiger partial charge is 0.254 e. The number of hydrogen-bond acceptors (Lipinski definition) is 4.